The third-order valence-corrected chi connectivity index (χ3v) is 6.69. The molecule has 0 fully saturated rings. The summed E-state index contributed by atoms with van der Waals surface area (Å²) in [6.45, 7) is 13.3. The summed E-state index contributed by atoms with van der Waals surface area (Å²) in [6.07, 6.45) is 7.79. The Morgan fingerprint density at radius 2 is 1.52 bits per heavy atom. The first-order chi connectivity index (χ1) is 12.4. The Balaban J connectivity index is 0.000000208. The first kappa shape index (κ1) is 22.3. The molecule has 0 N–H and O–H groups in total. The van der Waals surface area contributed by atoms with Crippen LogP contribution in [0.15, 0.2) is 24.3 Å². The Morgan fingerprint density at radius 3 is 2.04 bits per heavy atom. The zero-order chi connectivity index (χ0) is 18.8. The van der Waals surface area contributed by atoms with E-state index in [0.717, 1.165) is 0 Å². The Bertz CT molecular complexity index is 824. The molecule has 27 heavy (non-hydrogen) atoms. The number of rotatable bonds is 3. The predicted molar refractivity (Wildman–Crippen MR) is 116 cm³/mol. The number of aryl methyl sites for hydroxylation is 3. The molecule has 0 bridgehead atoms. The van der Waals surface area contributed by atoms with Crippen molar-refractivity contribution in [3.05, 3.63) is 68.8 Å². The van der Waals surface area contributed by atoms with Crippen LogP contribution in [-0.2, 0) is 45.1 Å². The molecule has 0 amide bonds. The molecule has 0 nitrogen and oxygen atoms in total. The Labute approximate surface area is 184 Å². The molecule has 0 radical (unpaired) electrons. The zero-order valence-electron chi connectivity index (χ0n) is 18.1. The maximum atomic E-state index is 2.46. The smallest absolute Gasteiger partial charge is 0 e. The number of benzene rings is 1. The topological polar surface area (TPSA) is 0 Å². The van der Waals surface area contributed by atoms with Crippen LogP contribution < -0.4 is 0 Å². The van der Waals surface area contributed by atoms with Crippen LogP contribution in [-0.4, -0.2) is 0 Å². The number of hydrogen-bond acceptors (Lipinski definition) is 0. The van der Waals surface area contributed by atoms with E-state index >= 15 is 0 Å². The molecule has 1 aliphatic carbocycles. The van der Waals surface area contributed by atoms with Gasteiger partial charge in [-0.15, -0.1) is 34.5 Å². The van der Waals surface area contributed by atoms with Crippen molar-refractivity contribution in [2.75, 3.05) is 0 Å². The van der Waals surface area contributed by atoms with Gasteiger partial charge in [0.05, 0.1) is 0 Å². The van der Waals surface area contributed by atoms with Crippen molar-refractivity contribution < 1.29 is 25.8 Å². The van der Waals surface area contributed by atoms with Gasteiger partial charge in [0, 0.05) is 25.8 Å². The van der Waals surface area contributed by atoms with Crippen LogP contribution in [0.5, 0.6) is 0 Å². The Morgan fingerprint density at radius 1 is 0.926 bits per heavy atom. The van der Waals surface area contributed by atoms with Crippen LogP contribution in [0.1, 0.15) is 70.7 Å². The van der Waals surface area contributed by atoms with Crippen molar-refractivity contribution in [3.63, 3.8) is 0 Å². The van der Waals surface area contributed by atoms with Crippen molar-refractivity contribution in [1.29, 1.82) is 0 Å². The minimum Gasteiger partial charge on any atom is -0.196 e. The molecule has 0 aromatic heterocycles. The number of unbranched alkanes of at least 4 members (excludes halogenated alkanes) is 1. The average Bonchev–Trinajstić information content (AvgIpc) is 3.31. The third kappa shape index (κ3) is 4.56. The summed E-state index contributed by atoms with van der Waals surface area (Å²) in [4.78, 5) is 0. The van der Waals surface area contributed by atoms with Crippen LogP contribution >= 0.6 is 0 Å². The van der Waals surface area contributed by atoms with Gasteiger partial charge in [-0.2, -0.15) is 33.9 Å². The molecule has 1 aliphatic rings. The largest absolute Gasteiger partial charge is 0.196 e. The molecule has 0 unspecified atom stereocenters. The van der Waals surface area contributed by atoms with Gasteiger partial charge in [0.2, 0.25) is 0 Å². The van der Waals surface area contributed by atoms with Gasteiger partial charge in [0.25, 0.3) is 0 Å². The van der Waals surface area contributed by atoms with E-state index in [9.17, 15) is 0 Å². The van der Waals surface area contributed by atoms with E-state index in [4.69, 9.17) is 0 Å². The van der Waals surface area contributed by atoms with Crippen LogP contribution in [0.2, 0.25) is 0 Å². The normalized spacial score (nSPS) is 12.5. The minimum atomic E-state index is 0. The van der Waals surface area contributed by atoms with Gasteiger partial charge in [0.1, 0.15) is 0 Å². The van der Waals surface area contributed by atoms with Crippen molar-refractivity contribution in [2.45, 2.75) is 80.1 Å². The molecular weight excluding hydrogens is 491 g/mol. The van der Waals surface area contributed by atoms with Crippen molar-refractivity contribution in [2.24, 2.45) is 0 Å². The van der Waals surface area contributed by atoms with Crippen LogP contribution in [0.3, 0.4) is 0 Å². The van der Waals surface area contributed by atoms with E-state index in [0.29, 0.717) is 0 Å². The number of hydrogen-bond donors (Lipinski definition) is 0. The van der Waals surface area contributed by atoms with Gasteiger partial charge in [-0.3, -0.25) is 0 Å². The van der Waals surface area contributed by atoms with Crippen molar-refractivity contribution >= 4 is 10.8 Å². The summed E-state index contributed by atoms with van der Waals surface area (Å²) in [5.41, 5.74) is 12.1. The summed E-state index contributed by atoms with van der Waals surface area (Å²) in [7, 11) is 0. The fourth-order valence-electron chi connectivity index (χ4n) is 4.33. The SMILES string of the molecule is CCCC[c-]1ccc2cc3c(cc21)CCC3.Cc1c(C)c(C)[c-](C)c1C.[Hf]. The van der Waals surface area contributed by atoms with E-state index < -0.39 is 0 Å². The van der Waals surface area contributed by atoms with Gasteiger partial charge < -0.3 is 0 Å². The molecule has 144 valence electrons. The van der Waals surface area contributed by atoms with E-state index in [1.54, 1.807) is 16.7 Å². The predicted octanol–water partition coefficient (Wildman–Crippen LogP) is 7.34. The van der Waals surface area contributed by atoms with E-state index in [1.165, 1.54) is 77.1 Å². The van der Waals surface area contributed by atoms with Crippen LogP contribution in [0, 0.1) is 34.6 Å². The van der Waals surface area contributed by atoms with E-state index in [2.05, 4.69) is 65.8 Å². The minimum absolute atomic E-state index is 0. The molecule has 4 rings (SSSR count). The molecule has 0 saturated carbocycles. The average molecular weight is 525 g/mol. The standard InChI is InChI=1S/C16H19.C10H15.Hf/c1-2-3-5-12-8-9-15-10-13-6-4-7-14(13)11-16(12)15;1-6-7(2)9(4)10(5)8(6)3;/h8-11H,2-7H2,1H3;1-5H3;/q2*-1;. The van der Waals surface area contributed by atoms with Crippen LogP contribution in [0.4, 0.5) is 0 Å². The van der Waals surface area contributed by atoms with Gasteiger partial charge >= 0.3 is 0 Å². The molecule has 0 atom stereocenters. The molecule has 0 spiro atoms. The summed E-state index contributed by atoms with van der Waals surface area (Å²) in [5, 5.41) is 2.99. The molecule has 3 aromatic rings. The summed E-state index contributed by atoms with van der Waals surface area (Å²) in [5.74, 6) is 0. The first-order valence-corrected chi connectivity index (χ1v) is 10.3. The third-order valence-electron chi connectivity index (χ3n) is 6.69. The zero-order valence-corrected chi connectivity index (χ0v) is 21.6. The first-order valence-electron chi connectivity index (χ1n) is 10.3. The van der Waals surface area contributed by atoms with E-state index in [-0.39, 0.29) is 25.8 Å². The second-order valence-electron chi connectivity index (χ2n) is 8.15. The molecule has 0 aliphatic heterocycles. The van der Waals surface area contributed by atoms with Crippen molar-refractivity contribution in [3.8, 4) is 0 Å². The molecule has 1 heteroatoms. The monoisotopic (exact) mass is 526 g/mol. The Hall–Kier alpha value is -0.950. The maximum absolute atomic E-state index is 2.46. The fourth-order valence-corrected chi connectivity index (χ4v) is 4.33. The van der Waals surface area contributed by atoms with E-state index in [1.807, 2.05) is 0 Å². The molecular formula is C26H34Hf-2. The van der Waals surface area contributed by atoms with Gasteiger partial charge in [0.15, 0.2) is 0 Å². The number of fused-ring (bicyclic) bond motifs is 2. The fraction of sp³-hybridized carbons (Fsp3) is 0.462. The maximum Gasteiger partial charge on any atom is 0 e. The van der Waals surface area contributed by atoms with Gasteiger partial charge in [-0.05, 0) is 19.3 Å². The van der Waals surface area contributed by atoms with Gasteiger partial charge in [-0.1, -0.05) is 71.9 Å². The summed E-state index contributed by atoms with van der Waals surface area (Å²) in [6, 6.07) is 9.52. The van der Waals surface area contributed by atoms with Gasteiger partial charge in [-0.25, -0.2) is 0 Å². The van der Waals surface area contributed by atoms with Crippen molar-refractivity contribution in [1.82, 2.24) is 0 Å². The second kappa shape index (κ2) is 9.50. The second-order valence-corrected chi connectivity index (χ2v) is 8.15. The Kier molecular flexibility index (Phi) is 7.86. The molecule has 0 heterocycles. The molecule has 0 saturated heterocycles. The summed E-state index contributed by atoms with van der Waals surface area (Å²) >= 11 is 0. The van der Waals surface area contributed by atoms with Crippen LogP contribution in [0.25, 0.3) is 10.8 Å². The molecule has 3 aromatic carbocycles. The quantitative estimate of drug-likeness (QED) is 0.248. The summed E-state index contributed by atoms with van der Waals surface area (Å²) < 4.78 is 0.